The number of fused-ring (bicyclic) bond motifs is 2. The molecule has 2 aliphatic rings. The normalized spacial score (nSPS) is 28.4. The second-order valence-electron chi connectivity index (χ2n) is 4.20. The predicted octanol–water partition coefficient (Wildman–Crippen LogP) is 0.375. The fourth-order valence-corrected chi connectivity index (χ4v) is 3.95. The molecule has 2 atom stereocenters. The van der Waals surface area contributed by atoms with Gasteiger partial charge in [0, 0.05) is 6.42 Å². The maximum absolute atomic E-state index is 12.3. The van der Waals surface area contributed by atoms with E-state index in [9.17, 15) is 13.2 Å². The van der Waals surface area contributed by atoms with Crippen LogP contribution < -0.4 is 0 Å². The summed E-state index contributed by atoms with van der Waals surface area (Å²) in [5.74, 6) is -0.430. The molecule has 0 amide bonds. The first-order valence-corrected chi connectivity index (χ1v) is 6.80. The molecule has 2 bridgehead atoms. The SMILES string of the molecule is O=C1OC2C[C@@H]1N(S(=O)(=O)c1ccccc1)C2. The van der Waals surface area contributed by atoms with Crippen molar-refractivity contribution in [2.75, 3.05) is 6.54 Å². The second kappa shape index (κ2) is 3.54. The lowest BCUT2D eigenvalue weighted by Crippen LogP contribution is -2.44. The number of ether oxygens (including phenoxy) is 1. The Bertz CT molecular complexity index is 554. The Morgan fingerprint density at radius 2 is 1.94 bits per heavy atom. The molecule has 2 heterocycles. The first-order valence-electron chi connectivity index (χ1n) is 5.36. The van der Waals surface area contributed by atoms with Gasteiger partial charge in [0.2, 0.25) is 10.0 Å². The first kappa shape index (κ1) is 10.7. The maximum atomic E-state index is 12.3. The number of hydrogen-bond donors (Lipinski definition) is 0. The molecule has 17 heavy (non-hydrogen) atoms. The van der Waals surface area contributed by atoms with Crippen molar-refractivity contribution in [1.82, 2.24) is 4.31 Å². The summed E-state index contributed by atoms with van der Waals surface area (Å²) in [6.07, 6.45) is 0.205. The number of esters is 1. The average Bonchev–Trinajstić information content (AvgIpc) is 2.89. The zero-order valence-electron chi connectivity index (χ0n) is 8.94. The predicted molar refractivity (Wildman–Crippen MR) is 58.6 cm³/mol. The van der Waals surface area contributed by atoms with Gasteiger partial charge < -0.3 is 4.74 Å². The van der Waals surface area contributed by atoms with Crippen LogP contribution in [0.1, 0.15) is 6.42 Å². The summed E-state index contributed by atoms with van der Waals surface area (Å²) < 4.78 is 30.8. The Balaban J connectivity index is 1.98. The number of benzene rings is 1. The molecule has 5 nitrogen and oxygen atoms in total. The van der Waals surface area contributed by atoms with Gasteiger partial charge in [-0.2, -0.15) is 4.31 Å². The Labute approximate surface area is 99.0 Å². The zero-order valence-corrected chi connectivity index (χ0v) is 9.76. The number of hydrogen-bond acceptors (Lipinski definition) is 4. The van der Waals surface area contributed by atoms with Crippen LogP contribution in [0.5, 0.6) is 0 Å². The van der Waals surface area contributed by atoms with Crippen molar-refractivity contribution in [3.8, 4) is 0 Å². The van der Waals surface area contributed by atoms with E-state index in [1.165, 1.54) is 16.4 Å². The summed E-state index contributed by atoms with van der Waals surface area (Å²) in [4.78, 5) is 11.6. The van der Waals surface area contributed by atoms with Crippen molar-refractivity contribution in [3.05, 3.63) is 30.3 Å². The molecule has 90 valence electrons. The molecule has 0 N–H and O–H groups in total. The lowest BCUT2D eigenvalue weighted by molar-refractivity contribution is -0.148. The lowest BCUT2D eigenvalue weighted by atomic mass is 10.2. The standard InChI is InChI=1S/C11H11NO4S/c13-11-10-6-8(16-11)7-12(10)17(14,15)9-4-2-1-3-5-9/h1-5,8,10H,6-7H2/t8?,10-/m0/s1. The van der Waals surface area contributed by atoms with E-state index in [1.54, 1.807) is 18.2 Å². The van der Waals surface area contributed by atoms with E-state index >= 15 is 0 Å². The third-order valence-corrected chi connectivity index (χ3v) is 5.01. The molecule has 2 fully saturated rings. The molecule has 0 spiro atoms. The van der Waals surface area contributed by atoms with E-state index in [4.69, 9.17) is 4.74 Å². The summed E-state index contributed by atoms with van der Waals surface area (Å²) >= 11 is 0. The largest absolute Gasteiger partial charge is 0.460 e. The molecule has 3 rings (SSSR count). The molecule has 0 saturated carbocycles. The van der Waals surface area contributed by atoms with Crippen LogP contribution in [0.15, 0.2) is 35.2 Å². The van der Waals surface area contributed by atoms with Gasteiger partial charge in [0.15, 0.2) is 0 Å². The Morgan fingerprint density at radius 3 is 2.53 bits per heavy atom. The zero-order chi connectivity index (χ0) is 12.0. The number of morpholine rings is 1. The minimum absolute atomic E-state index is 0.223. The molecule has 0 aromatic heterocycles. The van der Waals surface area contributed by atoms with E-state index in [-0.39, 0.29) is 17.5 Å². The number of rotatable bonds is 2. The summed E-state index contributed by atoms with van der Waals surface area (Å²) in [7, 11) is -3.57. The van der Waals surface area contributed by atoms with Crippen molar-refractivity contribution >= 4 is 16.0 Å². The van der Waals surface area contributed by atoms with Gasteiger partial charge in [-0.25, -0.2) is 8.42 Å². The highest BCUT2D eigenvalue weighted by Gasteiger charge is 2.51. The maximum Gasteiger partial charge on any atom is 0.324 e. The third kappa shape index (κ3) is 1.56. The van der Waals surface area contributed by atoms with Crippen LogP contribution in [0.4, 0.5) is 0 Å². The molecule has 6 heteroatoms. The lowest BCUT2D eigenvalue weighted by Gasteiger charge is -2.24. The smallest absolute Gasteiger partial charge is 0.324 e. The van der Waals surface area contributed by atoms with Gasteiger partial charge in [-0.1, -0.05) is 18.2 Å². The quantitative estimate of drug-likeness (QED) is 0.715. The van der Waals surface area contributed by atoms with Gasteiger partial charge in [-0.3, -0.25) is 4.79 Å². The van der Waals surface area contributed by atoms with E-state index in [0.29, 0.717) is 6.42 Å². The highest BCUT2D eigenvalue weighted by atomic mass is 32.2. The van der Waals surface area contributed by atoms with Crippen LogP contribution in [0.2, 0.25) is 0 Å². The molecule has 2 saturated heterocycles. The fourth-order valence-electron chi connectivity index (χ4n) is 2.30. The topological polar surface area (TPSA) is 63.7 Å². The highest BCUT2D eigenvalue weighted by Crippen LogP contribution is 2.33. The molecule has 0 radical (unpaired) electrons. The van der Waals surface area contributed by atoms with Crippen LogP contribution in [-0.4, -0.2) is 37.4 Å². The van der Waals surface area contributed by atoms with Gasteiger partial charge in [0.1, 0.15) is 12.1 Å². The molecular weight excluding hydrogens is 242 g/mol. The van der Waals surface area contributed by atoms with Gasteiger partial charge in [-0.05, 0) is 12.1 Å². The van der Waals surface area contributed by atoms with Gasteiger partial charge in [-0.15, -0.1) is 0 Å². The van der Waals surface area contributed by atoms with Crippen LogP contribution in [0.25, 0.3) is 0 Å². The summed E-state index contributed by atoms with van der Waals surface area (Å²) in [5, 5.41) is 0. The van der Waals surface area contributed by atoms with Crippen LogP contribution >= 0.6 is 0 Å². The van der Waals surface area contributed by atoms with Crippen molar-refractivity contribution in [1.29, 1.82) is 0 Å². The average molecular weight is 253 g/mol. The fraction of sp³-hybridized carbons (Fsp3) is 0.364. The van der Waals surface area contributed by atoms with Crippen LogP contribution in [0, 0.1) is 0 Å². The number of carbonyl (C=O) groups is 1. The van der Waals surface area contributed by atoms with E-state index < -0.39 is 22.0 Å². The minimum Gasteiger partial charge on any atom is -0.460 e. The van der Waals surface area contributed by atoms with E-state index in [1.807, 2.05) is 0 Å². The molecule has 1 aromatic rings. The van der Waals surface area contributed by atoms with E-state index in [2.05, 4.69) is 0 Å². The Morgan fingerprint density at radius 1 is 1.24 bits per heavy atom. The van der Waals surface area contributed by atoms with Crippen molar-refractivity contribution < 1.29 is 17.9 Å². The van der Waals surface area contributed by atoms with Crippen molar-refractivity contribution in [2.24, 2.45) is 0 Å². The van der Waals surface area contributed by atoms with E-state index in [0.717, 1.165) is 0 Å². The minimum atomic E-state index is -3.57. The highest BCUT2D eigenvalue weighted by molar-refractivity contribution is 7.89. The Kier molecular flexibility index (Phi) is 2.24. The number of nitrogens with zero attached hydrogens (tertiary/aromatic N) is 1. The summed E-state index contributed by atoms with van der Waals surface area (Å²) in [6.45, 7) is 0.271. The van der Waals surface area contributed by atoms with Crippen LogP contribution in [0.3, 0.4) is 0 Å². The van der Waals surface area contributed by atoms with Gasteiger partial charge in [0.05, 0.1) is 11.4 Å². The summed E-state index contributed by atoms with van der Waals surface area (Å²) in [5.41, 5.74) is 0. The molecular formula is C11H11NO4S. The Hall–Kier alpha value is -1.40. The van der Waals surface area contributed by atoms with Crippen molar-refractivity contribution in [3.63, 3.8) is 0 Å². The van der Waals surface area contributed by atoms with Crippen molar-refractivity contribution in [2.45, 2.75) is 23.5 Å². The van der Waals surface area contributed by atoms with Gasteiger partial charge in [0.25, 0.3) is 0 Å². The molecule has 2 aliphatic heterocycles. The number of carbonyl (C=O) groups excluding carboxylic acids is 1. The summed E-state index contributed by atoms with van der Waals surface area (Å²) in [6, 6.07) is 7.52. The monoisotopic (exact) mass is 253 g/mol. The van der Waals surface area contributed by atoms with Crippen LogP contribution in [-0.2, 0) is 19.6 Å². The first-order chi connectivity index (χ1) is 8.09. The molecule has 1 aromatic carbocycles. The second-order valence-corrected chi connectivity index (χ2v) is 6.09. The van der Waals surface area contributed by atoms with Gasteiger partial charge >= 0.3 is 5.97 Å². The molecule has 1 unspecified atom stereocenters. The number of sulfonamides is 1. The third-order valence-electron chi connectivity index (χ3n) is 3.12. The molecule has 0 aliphatic carbocycles.